The zero-order valence-electron chi connectivity index (χ0n) is 13.9. The predicted octanol–water partition coefficient (Wildman–Crippen LogP) is 3.78. The predicted molar refractivity (Wildman–Crippen MR) is 96.0 cm³/mol. The third-order valence-corrected chi connectivity index (χ3v) is 4.08. The highest BCUT2D eigenvalue weighted by Gasteiger charge is 2.15. The minimum Gasteiger partial charge on any atom is -0.324 e. The number of rotatable bonds is 6. The molecule has 0 aliphatic heterocycles. The van der Waals surface area contributed by atoms with Gasteiger partial charge in [0.05, 0.1) is 17.2 Å². The fourth-order valence-electron chi connectivity index (χ4n) is 2.50. The molecule has 0 aliphatic rings. The number of aromatic nitrogens is 4. The Kier molecular flexibility index (Phi) is 5.46. The van der Waals surface area contributed by atoms with E-state index in [0.717, 1.165) is 10.0 Å². The first kappa shape index (κ1) is 18.2. The average molecular weight is 424 g/mol. The molecule has 0 atom stereocenters. The third kappa shape index (κ3) is 4.54. The van der Waals surface area contributed by atoms with Crippen LogP contribution >= 0.6 is 15.9 Å². The molecule has 9 heteroatoms. The number of halogens is 3. The molecular weight excluding hydrogens is 408 g/mol. The van der Waals surface area contributed by atoms with E-state index < -0.39 is 6.43 Å². The van der Waals surface area contributed by atoms with E-state index in [-0.39, 0.29) is 18.1 Å². The minimum absolute atomic E-state index is 0.130. The van der Waals surface area contributed by atoms with Crippen LogP contribution in [0.25, 0.3) is 0 Å². The number of carbonyl (C=O) groups is 1. The molecule has 1 aromatic carbocycles. The zero-order chi connectivity index (χ0) is 18.7. The number of amides is 1. The molecule has 3 aromatic rings. The Morgan fingerprint density at radius 3 is 2.81 bits per heavy atom. The van der Waals surface area contributed by atoms with E-state index in [1.807, 2.05) is 24.4 Å². The van der Waals surface area contributed by atoms with Crippen LogP contribution in [-0.4, -0.2) is 25.5 Å². The Hall–Kier alpha value is -2.55. The van der Waals surface area contributed by atoms with Gasteiger partial charge in [-0.05, 0) is 46.6 Å². The van der Waals surface area contributed by atoms with Crippen LogP contribution in [0.15, 0.2) is 47.2 Å². The van der Waals surface area contributed by atoms with Gasteiger partial charge in [0.1, 0.15) is 12.2 Å². The van der Waals surface area contributed by atoms with Crippen LogP contribution in [0.3, 0.4) is 0 Å². The number of hydrogen-bond acceptors (Lipinski definition) is 3. The number of nitrogens with one attached hydrogen (secondary N) is 1. The van der Waals surface area contributed by atoms with Gasteiger partial charge >= 0.3 is 0 Å². The van der Waals surface area contributed by atoms with E-state index in [1.165, 1.54) is 10.7 Å². The van der Waals surface area contributed by atoms with Crippen molar-refractivity contribution in [2.45, 2.75) is 26.4 Å². The number of aryl methyl sites for hydroxylation is 1. The van der Waals surface area contributed by atoms with Gasteiger partial charge in [0.25, 0.3) is 6.43 Å². The number of benzene rings is 1. The van der Waals surface area contributed by atoms with Crippen LogP contribution in [0, 0.1) is 6.92 Å². The summed E-state index contributed by atoms with van der Waals surface area (Å²) in [6, 6.07) is 8.64. The van der Waals surface area contributed by atoms with Crippen molar-refractivity contribution in [3.63, 3.8) is 0 Å². The number of hydrogen-bond donors (Lipinski definition) is 1. The van der Waals surface area contributed by atoms with Gasteiger partial charge in [-0.1, -0.05) is 12.1 Å². The van der Waals surface area contributed by atoms with Crippen molar-refractivity contribution in [3.8, 4) is 0 Å². The van der Waals surface area contributed by atoms with E-state index in [0.29, 0.717) is 17.9 Å². The van der Waals surface area contributed by atoms with Gasteiger partial charge in [-0.15, -0.1) is 0 Å². The van der Waals surface area contributed by atoms with Crippen molar-refractivity contribution in [3.05, 3.63) is 64.1 Å². The van der Waals surface area contributed by atoms with E-state index >= 15 is 0 Å². The molecule has 6 nitrogen and oxygen atoms in total. The highest BCUT2D eigenvalue weighted by atomic mass is 79.9. The van der Waals surface area contributed by atoms with E-state index in [9.17, 15) is 13.6 Å². The molecule has 0 bridgehead atoms. The lowest BCUT2D eigenvalue weighted by Crippen LogP contribution is -2.20. The van der Waals surface area contributed by atoms with Crippen molar-refractivity contribution >= 4 is 27.5 Å². The maximum absolute atomic E-state index is 12.7. The Morgan fingerprint density at radius 1 is 1.35 bits per heavy atom. The molecule has 26 heavy (non-hydrogen) atoms. The smallest absolute Gasteiger partial charge is 0.282 e. The summed E-state index contributed by atoms with van der Waals surface area (Å²) in [4.78, 5) is 12.2. The molecule has 0 saturated carbocycles. The number of alkyl halides is 2. The first-order valence-corrected chi connectivity index (χ1v) is 8.59. The lowest BCUT2D eigenvalue weighted by molar-refractivity contribution is -0.117. The third-order valence-electron chi connectivity index (χ3n) is 3.67. The summed E-state index contributed by atoms with van der Waals surface area (Å²) < 4.78 is 29.3. The molecule has 1 amide bonds. The van der Waals surface area contributed by atoms with Gasteiger partial charge in [0.2, 0.25) is 5.91 Å². The number of carbonyl (C=O) groups excluding carboxylic acids is 1. The maximum Gasteiger partial charge on any atom is 0.282 e. The standard InChI is InChI=1S/C17H16BrF2N5O/c1-11-5-15(17(19)20)23-25(11)10-16(26)22-14-4-2-3-12(6-14)8-24-9-13(18)7-21-24/h2-7,9,17H,8,10H2,1H3,(H,22,26). The molecule has 2 heterocycles. The first-order valence-electron chi connectivity index (χ1n) is 7.80. The first-order chi connectivity index (χ1) is 12.4. The largest absolute Gasteiger partial charge is 0.324 e. The Bertz CT molecular complexity index is 922. The lowest BCUT2D eigenvalue weighted by Gasteiger charge is -2.09. The molecule has 2 aromatic heterocycles. The second-order valence-corrected chi connectivity index (χ2v) is 6.69. The van der Waals surface area contributed by atoms with E-state index in [1.54, 1.807) is 23.9 Å². The monoisotopic (exact) mass is 423 g/mol. The summed E-state index contributed by atoms with van der Waals surface area (Å²) >= 11 is 3.35. The fourth-order valence-corrected chi connectivity index (χ4v) is 2.83. The molecule has 0 fully saturated rings. The normalized spacial score (nSPS) is 11.1. The van der Waals surface area contributed by atoms with Gasteiger partial charge < -0.3 is 5.32 Å². The molecule has 0 spiro atoms. The van der Waals surface area contributed by atoms with Gasteiger partial charge in [0.15, 0.2) is 0 Å². The van der Waals surface area contributed by atoms with Crippen molar-refractivity contribution in [2.24, 2.45) is 0 Å². The van der Waals surface area contributed by atoms with Gasteiger partial charge in [-0.3, -0.25) is 14.2 Å². The molecule has 0 radical (unpaired) electrons. The quantitative estimate of drug-likeness (QED) is 0.655. The molecule has 0 saturated heterocycles. The maximum atomic E-state index is 12.7. The summed E-state index contributed by atoms with van der Waals surface area (Å²) in [5.41, 5.74) is 1.77. The molecule has 136 valence electrons. The molecule has 1 N–H and O–H groups in total. The topological polar surface area (TPSA) is 64.7 Å². The highest BCUT2D eigenvalue weighted by Crippen LogP contribution is 2.18. The summed E-state index contributed by atoms with van der Waals surface area (Å²) in [5, 5.41) is 10.7. The van der Waals surface area contributed by atoms with Crippen LogP contribution < -0.4 is 5.32 Å². The summed E-state index contributed by atoms with van der Waals surface area (Å²) in [5.74, 6) is -0.337. The lowest BCUT2D eigenvalue weighted by atomic mass is 10.2. The van der Waals surface area contributed by atoms with Crippen LogP contribution in [0.5, 0.6) is 0 Å². The SMILES string of the molecule is Cc1cc(C(F)F)nn1CC(=O)Nc1cccc(Cn2cc(Br)cn2)c1. The van der Waals surface area contributed by atoms with Crippen LogP contribution in [-0.2, 0) is 17.9 Å². The highest BCUT2D eigenvalue weighted by molar-refractivity contribution is 9.10. The van der Waals surface area contributed by atoms with Crippen LogP contribution in [0.2, 0.25) is 0 Å². The zero-order valence-corrected chi connectivity index (χ0v) is 15.5. The van der Waals surface area contributed by atoms with Crippen LogP contribution in [0.4, 0.5) is 14.5 Å². The van der Waals surface area contributed by atoms with E-state index in [4.69, 9.17) is 0 Å². The second-order valence-electron chi connectivity index (χ2n) is 5.77. The second kappa shape index (κ2) is 7.77. The average Bonchev–Trinajstić information content (AvgIpc) is 3.14. The molecule has 3 rings (SSSR count). The number of nitrogens with zero attached hydrogens (tertiary/aromatic N) is 4. The Morgan fingerprint density at radius 2 is 2.15 bits per heavy atom. The van der Waals surface area contributed by atoms with Gasteiger partial charge in [-0.25, -0.2) is 8.78 Å². The summed E-state index contributed by atoms with van der Waals surface area (Å²) in [6.45, 7) is 2.06. The molecule has 0 aliphatic carbocycles. The van der Waals surface area contributed by atoms with Crippen molar-refractivity contribution in [2.75, 3.05) is 5.32 Å². The van der Waals surface area contributed by atoms with E-state index in [2.05, 4.69) is 31.4 Å². The van der Waals surface area contributed by atoms with Crippen molar-refractivity contribution < 1.29 is 13.6 Å². The van der Waals surface area contributed by atoms with Gasteiger partial charge in [-0.2, -0.15) is 10.2 Å². The number of anilines is 1. The summed E-state index contributed by atoms with van der Waals surface area (Å²) in [7, 11) is 0. The molecular formula is C17H16BrF2N5O. The van der Waals surface area contributed by atoms with Crippen LogP contribution in [0.1, 0.15) is 23.4 Å². The van der Waals surface area contributed by atoms with Gasteiger partial charge in [0, 0.05) is 17.6 Å². The fraction of sp³-hybridized carbons (Fsp3) is 0.235. The summed E-state index contributed by atoms with van der Waals surface area (Å²) in [6.07, 6.45) is 0.898. The Balaban J connectivity index is 1.65. The minimum atomic E-state index is -2.66. The van der Waals surface area contributed by atoms with Crippen molar-refractivity contribution in [1.82, 2.24) is 19.6 Å². The van der Waals surface area contributed by atoms with Crippen molar-refractivity contribution in [1.29, 1.82) is 0 Å². The molecule has 0 unspecified atom stereocenters. The Labute approximate surface area is 156 Å².